The normalized spacial score (nSPS) is 16.2. The van der Waals surface area contributed by atoms with Gasteiger partial charge in [0.15, 0.2) is 0 Å². The molecule has 276 valence electrons. The van der Waals surface area contributed by atoms with E-state index in [1.54, 1.807) is 24.2 Å². The SMILES string of the molecule is C=C(C)[C@H](NC(=O)OC)C(=O)N1CCC[C@H]1c1ncc(-c2ccc(-c3ccc(-c4cnc(C5=C(C(=O)N(CC(=O)O)C(C)C)CCC5)[nH]4)cc3)cc2)[nH]1. The molecular weight excluding hydrogens is 674 g/mol. The lowest BCUT2D eigenvalue weighted by molar-refractivity contribution is -0.144. The fourth-order valence-corrected chi connectivity index (χ4v) is 7.06. The second-order valence-corrected chi connectivity index (χ2v) is 13.8. The third-order valence-electron chi connectivity index (χ3n) is 9.89. The van der Waals surface area contributed by atoms with E-state index in [-0.39, 0.29) is 30.4 Å². The van der Waals surface area contributed by atoms with Crippen molar-refractivity contribution >= 4 is 29.5 Å². The zero-order valence-corrected chi connectivity index (χ0v) is 30.4. The van der Waals surface area contributed by atoms with Gasteiger partial charge in [-0.15, -0.1) is 0 Å². The van der Waals surface area contributed by atoms with Gasteiger partial charge in [-0.3, -0.25) is 14.4 Å². The smallest absolute Gasteiger partial charge is 0.407 e. The van der Waals surface area contributed by atoms with E-state index < -0.39 is 18.1 Å². The number of benzene rings is 2. The summed E-state index contributed by atoms with van der Waals surface area (Å²) in [6, 6.07) is 14.9. The number of nitrogens with zero attached hydrogens (tertiary/aromatic N) is 4. The summed E-state index contributed by atoms with van der Waals surface area (Å²) in [5.74, 6) is -0.194. The first-order chi connectivity index (χ1) is 25.4. The number of alkyl carbamates (subject to hydrolysis) is 1. The van der Waals surface area contributed by atoms with Crippen molar-refractivity contribution in [3.63, 3.8) is 0 Å². The molecule has 0 bridgehead atoms. The van der Waals surface area contributed by atoms with Crippen molar-refractivity contribution in [1.29, 1.82) is 0 Å². The molecule has 2 aromatic carbocycles. The van der Waals surface area contributed by atoms with E-state index in [2.05, 4.69) is 44.0 Å². The predicted molar refractivity (Wildman–Crippen MR) is 200 cm³/mol. The van der Waals surface area contributed by atoms with E-state index in [9.17, 15) is 24.3 Å². The molecule has 4 N–H and O–H groups in total. The number of allylic oxidation sites excluding steroid dienone is 1. The van der Waals surface area contributed by atoms with Crippen molar-refractivity contribution in [3.05, 3.63) is 90.3 Å². The number of nitrogens with one attached hydrogen (secondary N) is 3. The van der Waals surface area contributed by atoms with Crippen LogP contribution in [0.4, 0.5) is 4.79 Å². The molecule has 2 aliphatic rings. The van der Waals surface area contributed by atoms with Crippen molar-refractivity contribution < 1.29 is 29.0 Å². The van der Waals surface area contributed by atoms with Gasteiger partial charge in [0, 0.05) is 23.7 Å². The van der Waals surface area contributed by atoms with Crippen LogP contribution in [-0.4, -0.2) is 91.0 Å². The van der Waals surface area contributed by atoms with Crippen molar-refractivity contribution in [2.75, 3.05) is 20.2 Å². The van der Waals surface area contributed by atoms with Crippen LogP contribution in [0.1, 0.15) is 70.6 Å². The molecule has 53 heavy (non-hydrogen) atoms. The molecule has 6 rings (SSSR count). The summed E-state index contributed by atoms with van der Waals surface area (Å²) in [6.07, 6.45) is 6.53. The number of carbonyl (C=O) groups is 4. The fourth-order valence-electron chi connectivity index (χ4n) is 7.06. The number of amides is 3. The minimum absolute atomic E-state index is 0.236. The van der Waals surface area contributed by atoms with Crippen molar-refractivity contribution in [1.82, 2.24) is 35.1 Å². The standard InChI is InChI=1S/C40H45N7O6/c1-23(2)35(45-40(52)53-5)39(51)46-19-7-10-33(46)37-42-21-32(44-37)28-17-13-26(14-18-28)25-11-15-27(16-12-25)31-20-41-36(43-31)29-8-6-9-30(29)38(50)47(24(3)4)22-34(48)49/h11-18,20-21,24,33,35H,1,6-10,19,22H2,2-5H3,(H,41,43)(H,42,44)(H,45,52)(H,48,49)/t33-,35-/m0/s1. The van der Waals surface area contributed by atoms with Gasteiger partial charge in [-0.1, -0.05) is 55.1 Å². The number of aromatic amines is 2. The van der Waals surface area contributed by atoms with Gasteiger partial charge in [0.05, 0.1) is 36.9 Å². The van der Waals surface area contributed by atoms with E-state index in [0.29, 0.717) is 42.2 Å². The number of hydrogen-bond acceptors (Lipinski definition) is 7. The minimum atomic E-state index is -1.04. The van der Waals surface area contributed by atoms with Crippen LogP contribution in [0.5, 0.6) is 0 Å². The molecule has 3 amide bonds. The molecular formula is C40H45N7O6. The molecule has 2 atom stereocenters. The Bertz CT molecular complexity index is 2040. The Kier molecular flexibility index (Phi) is 10.9. The van der Waals surface area contributed by atoms with Gasteiger partial charge in [0.1, 0.15) is 24.2 Å². The number of carboxylic acids is 1. The lowest BCUT2D eigenvalue weighted by Gasteiger charge is -2.28. The molecule has 13 nitrogen and oxygen atoms in total. The van der Waals surface area contributed by atoms with Crippen LogP contribution in [0.25, 0.3) is 39.2 Å². The van der Waals surface area contributed by atoms with Crippen LogP contribution in [0.15, 0.2) is 78.6 Å². The number of carboxylic acid groups (broad SMARTS) is 1. The van der Waals surface area contributed by atoms with Gasteiger partial charge in [0.2, 0.25) is 5.91 Å². The van der Waals surface area contributed by atoms with E-state index in [4.69, 9.17) is 4.74 Å². The maximum Gasteiger partial charge on any atom is 0.407 e. The second-order valence-electron chi connectivity index (χ2n) is 13.8. The Morgan fingerprint density at radius 3 is 2.13 bits per heavy atom. The van der Waals surface area contributed by atoms with Gasteiger partial charge in [-0.05, 0) is 80.7 Å². The van der Waals surface area contributed by atoms with Crippen LogP contribution in [0.2, 0.25) is 0 Å². The summed E-state index contributed by atoms with van der Waals surface area (Å²) >= 11 is 0. The molecule has 3 heterocycles. The van der Waals surface area contributed by atoms with Crippen LogP contribution >= 0.6 is 0 Å². The largest absolute Gasteiger partial charge is 0.480 e. The summed E-state index contributed by atoms with van der Waals surface area (Å²) in [5, 5.41) is 11.9. The number of imidazole rings is 2. The number of H-pyrrole nitrogens is 2. The molecule has 1 aliphatic heterocycles. The van der Waals surface area contributed by atoms with E-state index in [1.165, 1.54) is 12.0 Å². The molecule has 1 aliphatic carbocycles. The number of methoxy groups -OCH3 is 1. The maximum atomic E-state index is 13.4. The number of likely N-dealkylation sites (tertiary alicyclic amines) is 1. The van der Waals surface area contributed by atoms with E-state index in [1.807, 2.05) is 50.2 Å². The number of rotatable bonds is 12. The number of carbonyl (C=O) groups excluding carboxylic acids is 3. The first kappa shape index (κ1) is 36.8. The summed E-state index contributed by atoms with van der Waals surface area (Å²) in [6.45, 7) is 9.44. The van der Waals surface area contributed by atoms with Crippen molar-refractivity contribution in [2.45, 2.75) is 71.0 Å². The number of aliphatic carboxylic acids is 1. The quantitative estimate of drug-likeness (QED) is 0.123. The highest BCUT2D eigenvalue weighted by Crippen LogP contribution is 2.36. The monoisotopic (exact) mass is 719 g/mol. The summed E-state index contributed by atoms with van der Waals surface area (Å²) in [4.78, 5) is 69.3. The minimum Gasteiger partial charge on any atom is -0.480 e. The van der Waals surface area contributed by atoms with Crippen molar-refractivity contribution in [2.24, 2.45) is 0 Å². The molecule has 0 saturated carbocycles. The Hall–Kier alpha value is -5.98. The molecule has 1 saturated heterocycles. The van der Waals surface area contributed by atoms with Gasteiger partial charge in [-0.25, -0.2) is 14.8 Å². The predicted octanol–water partition coefficient (Wildman–Crippen LogP) is 6.36. The zero-order chi connectivity index (χ0) is 37.8. The molecule has 0 unspecified atom stereocenters. The highest BCUT2D eigenvalue weighted by Gasteiger charge is 2.37. The molecule has 0 radical (unpaired) electrons. The highest BCUT2D eigenvalue weighted by molar-refractivity contribution is 6.02. The molecule has 0 spiro atoms. The average Bonchev–Trinajstić information content (AvgIpc) is 3.98. The van der Waals surface area contributed by atoms with E-state index in [0.717, 1.165) is 58.5 Å². The van der Waals surface area contributed by atoms with Gasteiger partial charge >= 0.3 is 12.1 Å². The second kappa shape index (κ2) is 15.7. The third kappa shape index (κ3) is 7.93. The maximum absolute atomic E-state index is 13.4. The highest BCUT2D eigenvalue weighted by atomic mass is 16.5. The first-order valence-electron chi connectivity index (χ1n) is 17.8. The van der Waals surface area contributed by atoms with E-state index >= 15 is 0 Å². The third-order valence-corrected chi connectivity index (χ3v) is 9.89. The Morgan fingerprint density at radius 2 is 1.55 bits per heavy atom. The molecule has 1 fully saturated rings. The summed E-state index contributed by atoms with van der Waals surface area (Å²) in [5.41, 5.74) is 7.63. The summed E-state index contributed by atoms with van der Waals surface area (Å²) in [7, 11) is 1.26. The lowest BCUT2D eigenvalue weighted by atomic mass is 10.0. The van der Waals surface area contributed by atoms with Crippen LogP contribution in [-0.2, 0) is 19.1 Å². The zero-order valence-electron chi connectivity index (χ0n) is 30.4. The Labute approximate surface area is 308 Å². The van der Waals surface area contributed by atoms with Gasteiger partial charge in [-0.2, -0.15) is 0 Å². The Morgan fingerprint density at radius 1 is 0.943 bits per heavy atom. The van der Waals surface area contributed by atoms with Crippen LogP contribution in [0, 0.1) is 0 Å². The fraction of sp³-hybridized carbons (Fsp3) is 0.350. The lowest BCUT2D eigenvalue weighted by Crippen LogP contribution is -2.49. The number of ether oxygens (including phenoxy) is 1. The van der Waals surface area contributed by atoms with Gasteiger partial charge in [0.25, 0.3) is 5.91 Å². The number of hydrogen-bond donors (Lipinski definition) is 4. The van der Waals surface area contributed by atoms with Crippen LogP contribution in [0.3, 0.4) is 0 Å². The van der Waals surface area contributed by atoms with Gasteiger partial charge < -0.3 is 34.9 Å². The molecule has 13 heteroatoms. The summed E-state index contributed by atoms with van der Waals surface area (Å²) < 4.78 is 4.70. The molecule has 2 aromatic heterocycles. The first-order valence-corrected chi connectivity index (χ1v) is 17.8. The Balaban J connectivity index is 1.13. The van der Waals surface area contributed by atoms with Crippen molar-refractivity contribution in [3.8, 4) is 33.6 Å². The topological polar surface area (TPSA) is 174 Å². The number of aromatic nitrogens is 4. The average molecular weight is 720 g/mol. The molecule has 4 aromatic rings. The van der Waals surface area contributed by atoms with Crippen LogP contribution < -0.4 is 5.32 Å².